The van der Waals surface area contributed by atoms with Crippen molar-refractivity contribution in [3.05, 3.63) is 34.0 Å². The van der Waals surface area contributed by atoms with Crippen molar-refractivity contribution < 1.29 is 9.53 Å². The van der Waals surface area contributed by atoms with Crippen LogP contribution in [0, 0.1) is 6.92 Å². The number of nitrogens with one attached hydrogen (secondary N) is 1. The van der Waals surface area contributed by atoms with Crippen molar-refractivity contribution in [2.24, 2.45) is 0 Å². The van der Waals surface area contributed by atoms with E-state index in [0.29, 0.717) is 31.9 Å². The molecular formula is C15H20N4O2S. The molecule has 0 radical (unpaired) electrons. The maximum atomic E-state index is 12.3. The van der Waals surface area contributed by atoms with Crippen LogP contribution < -0.4 is 0 Å². The molecule has 3 heterocycles. The van der Waals surface area contributed by atoms with E-state index in [0.717, 1.165) is 18.7 Å². The quantitative estimate of drug-likeness (QED) is 0.916. The van der Waals surface area contributed by atoms with E-state index in [2.05, 4.69) is 26.6 Å². The fraction of sp³-hybridized carbons (Fsp3) is 0.533. The molecule has 0 bridgehead atoms. The average Bonchev–Trinajstić information content (AvgIpc) is 3.19. The van der Waals surface area contributed by atoms with Crippen LogP contribution in [-0.4, -0.2) is 45.7 Å². The monoisotopic (exact) mass is 320 g/mol. The minimum absolute atomic E-state index is 0.192. The second kappa shape index (κ2) is 7.02. The Balaban J connectivity index is 1.49. The minimum Gasteiger partial charge on any atom is -0.366 e. The molecule has 6 nitrogen and oxygen atoms in total. The lowest BCUT2D eigenvalue weighted by Gasteiger charge is -2.31. The van der Waals surface area contributed by atoms with E-state index in [4.69, 9.17) is 4.74 Å². The van der Waals surface area contributed by atoms with E-state index in [1.165, 1.54) is 4.88 Å². The van der Waals surface area contributed by atoms with Crippen molar-refractivity contribution in [3.8, 4) is 0 Å². The normalized spacial score (nSPS) is 18.6. The molecular weight excluding hydrogens is 300 g/mol. The van der Waals surface area contributed by atoms with Crippen LogP contribution >= 0.6 is 11.3 Å². The first kappa shape index (κ1) is 15.2. The predicted molar refractivity (Wildman–Crippen MR) is 83.6 cm³/mol. The number of ether oxygens (including phenoxy) is 1. The molecule has 0 aliphatic carbocycles. The van der Waals surface area contributed by atoms with Crippen LogP contribution in [0.5, 0.6) is 0 Å². The van der Waals surface area contributed by atoms with Crippen molar-refractivity contribution in [3.63, 3.8) is 0 Å². The molecule has 22 heavy (non-hydrogen) atoms. The predicted octanol–water partition coefficient (Wildman–Crippen LogP) is 2.10. The van der Waals surface area contributed by atoms with Crippen molar-refractivity contribution in [1.82, 2.24) is 20.1 Å². The Morgan fingerprint density at radius 1 is 1.59 bits per heavy atom. The summed E-state index contributed by atoms with van der Waals surface area (Å²) in [6, 6.07) is 4.17. The molecule has 0 saturated carbocycles. The number of carbonyl (C=O) groups excluding carboxylic acids is 1. The second-order valence-corrected chi connectivity index (χ2v) is 6.44. The number of H-pyrrole nitrogens is 1. The third-order valence-corrected chi connectivity index (χ3v) is 4.65. The fourth-order valence-electron chi connectivity index (χ4n) is 2.56. The van der Waals surface area contributed by atoms with Gasteiger partial charge >= 0.3 is 0 Å². The van der Waals surface area contributed by atoms with Crippen molar-refractivity contribution in [1.29, 1.82) is 0 Å². The Morgan fingerprint density at radius 2 is 2.50 bits per heavy atom. The van der Waals surface area contributed by atoms with Gasteiger partial charge in [-0.05, 0) is 31.2 Å². The summed E-state index contributed by atoms with van der Waals surface area (Å²) in [5.74, 6) is 1.59. The van der Waals surface area contributed by atoms with Crippen molar-refractivity contribution in [2.45, 2.75) is 32.3 Å². The lowest BCUT2D eigenvalue weighted by atomic mass is 10.1. The van der Waals surface area contributed by atoms with Gasteiger partial charge in [0.25, 0.3) is 0 Å². The van der Waals surface area contributed by atoms with Gasteiger partial charge in [-0.15, -0.1) is 11.3 Å². The van der Waals surface area contributed by atoms with E-state index in [-0.39, 0.29) is 12.0 Å². The summed E-state index contributed by atoms with van der Waals surface area (Å²) in [4.78, 5) is 19.8. The number of morpholine rings is 1. The number of nitrogens with zero attached hydrogens (tertiary/aromatic N) is 3. The van der Waals surface area contributed by atoms with Crippen LogP contribution in [0.4, 0.5) is 0 Å². The lowest BCUT2D eigenvalue weighted by Crippen LogP contribution is -2.42. The highest BCUT2D eigenvalue weighted by Gasteiger charge is 2.27. The number of hydrogen-bond acceptors (Lipinski definition) is 5. The second-order valence-electron chi connectivity index (χ2n) is 5.41. The van der Waals surface area contributed by atoms with Gasteiger partial charge in [0.2, 0.25) is 5.91 Å². The zero-order valence-corrected chi connectivity index (χ0v) is 13.4. The van der Waals surface area contributed by atoms with Gasteiger partial charge in [0.1, 0.15) is 11.9 Å². The largest absolute Gasteiger partial charge is 0.366 e. The molecule has 2 aromatic rings. The van der Waals surface area contributed by atoms with Gasteiger partial charge in [0.15, 0.2) is 5.82 Å². The summed E-state index contributed by atoms with van der Waals surface area (Å²) in [6.07, 6.45) is 2.22. The smallest absolute Gasteiger partial charge is 0.222 e. The van der Waals surface area contributed by atoms with Crippen LogP contribution in [0.25, 0.3) is 0 Å². The first-order valence-corrected chi connectivity index (χ1v) is 8.41. The van der Waals surface area contributed by atoms with Crippen molar-refractivity contribution >= 4 is 17.2 Å². The number of hydrogen-bond donors (Lipinski definition) is 1. The maximum Gasteiger partial charge on any atom is 0.222 e. The Labute approximate surface area is 133 Å². The van der Waals surface area contributed by atoms with Crippen LogP contribution in [-0.2, 0) is 16.0 Å². The topological polar surface area (TPSA) is 71.1 Å². The summed E-state index contributed by atoms with van der Waals surface area (Å²) < 4.78 is 5.68. The first-order valence-electron chi connectivity index (χ1n) is 7.53. The highest BCUT2D eigenvalue weighted by molar-refractivity contribution is 7.09. The number of amides is 1. The zero-order chi connectivity index (χ0) is 15.4. The number of aromatic nitrogens is 3. The van der Waals surface area contributed by atoms with Gasteiger partial charge in [-0.2, -0.15) is 5.10 Å². The molecule has 0 spiro atoms. The molecule has 118 valence electrons. The van der Waals surface area contributed by atoms with E-state index >= 15 is 0 Å². The summed E-state index contributed by atoms with van der Waals surface area (Å²) in [5.41, 5.74) is 0. The summed E-state index contributed by atoms with van der Waals surface area (Å²) in [6.45, 7) is 3.58. The number of thiophene rings is 1. The molecule has 1 amide bonds. The molecule has 2 aromatic heterocycles. The van der Waals surface area contributed by atoms with Crippen LogP contribution in [0.1, 0.15) is 35.5 Å². The number of carbonyl (C=O) groups is 1. The molecule has 1 aliphatic rings. The first-order chi connectivity index (χ1) is 10.7. The van der Waals surface area contributed by atoms with Crippen LogP contribution in [0.3, 0.4) is 0 Å². The molecule has 1 aliphatic heterocycles. The third-order valence-electron chi connectivity index (χ3n) is 3.72. The van der Waals surface area contributed by atoms with E-state index < -0.39 is 0 Å². The third kappa shape index (κ3) is 3.72. The van der Waals surface area contributed by atoms with Gasteiger partial charge in [-0.25, -0.2) is 4.98 Å². The summed E-state index contributed by atoms with van der Waals surface area (Å²) >= 11 is 1.75. The molecule has 7 heteroatoms. The SMILES string of the molecule is Cc1nc(C2CN(C(=O)CCCc3cccs3)CCO2)n[nH]1. The van der Waals surface area contributed by atoms with Gasteiger partial charge in [0, 0.05) is 17.8 Å². The Hall–Kier alpha value is -1.73. The maximum absolute atomic E-state index is 12.3. The molecule has 1 unspecified atom stereocenters. The molecule has 3 rings (SSSR count). The Bertz CT molecular complexity index is 611. The van der Waals surface area contributed by atoms with E-state index in [1.807, 2.05) is 17.9 Å². The van der Waals surface area contributed by atoms with Crippen molar-refractivity contribution in [2.75, 3.05) is 19.7 Å². The molecule has 0 aromatic carbocycles. The van der Waals surface area contributed by atoms with Gasteiger partial charge in [0.05, 0.1) is 13.2 Å². The number of rotatable bonds is 5. The van der Waals surface area contributed by atoms with E-state index in [9.17, 15) is 4.79 Å². The fourth-order valence-corrected chi connectivity index (χ4v) is 3.31. The number of aryl methyl sites for hydroxylation is 2. The van der Waals surface area contributed by atoms with Crippen LogP contribution in [0.15, 0.2) is 17.5 Å². The highest BCUT2D eigenvalue weighted by atomic mass is 32.1. The summed E-state index contributed by atoms with van der Waals surface area (Å²) in [7, 11) is 0. The standard InChI is InChI=1S/C15H20N4O2S/c1-11-16-15(18-17-11)13-10-19(7-8-21-13)14(20)6-2-4-12-5-3-9-22-12/h3,5,9,13H,2,4,6-8,10H2,1H3,(H,16,17,18). The van der Waals surface area contributed by atoms with Gasteiger partial charge < -0.3 is 9.64 Å². The molecule has 1 N–H and O–H groups in total. The van der Waals surface area contributed by atoms with Gasteiger partial charge in [-0.3, -0.25) is 9.89 Å². The van der Waals surface area contributed by atoms with Gasteiger partial charge in [-0.1, -0.05) is 6.07 Å². The molecule has 1 fully saturated rings. The van der Waals surface area contributed by atoms with E-state index in [1.54, 1.807) is 11.3 Å². The Morgan fingerprint density at radius 3 is 3.23 bits per heavy atom. The zero-order valence-electron chi connectivity index (χ0n) is 12.6. The lowest BCUT2D eigenvalue weighted by molar-refractivity contribution is -0.139. The molecule has 1 atom stereocenters. The highest BCUT2D eigenvalue weighted by Crippen LogP contribution is 2.20. The number of aromatic amines is 1. The Kier molecular flexibility index (Phi) is 4.84. The average molecular weight is 320 g/mol. The molecule has 1 saturated heterocycles. The minimum atomic E-state index is -0.222. The summed E-state index contributed by atoms with van der Waals surface area (Å²) in [5, 5.41) is 9.02. The van der Waals surface area contributed by atoms with Crippen LogP contribution in [0.2, 0.25) is 0 Å².